The molecule has 1 saturated carbocycles. The van der Waals surface area contributed by atoms with E-state index in [9.17, 15) is 14.4 Å². The minimum absolute atomic E-state index is 0.00549. The topological polar surface area (TPSA) is 100 Å². The quantitative estimate of drug-likeness (QED) is 0.492. The number of nitrogens with one attached hydrogen (secondary N) is 1. The number of hydrogen-bond donors (Lipinski definition) is 1. The van der Waals surface area contributed by atoms with Gasteiger partial charge in [0.2, 0.25) is 5.91 Å². The van der Waals surface area contributed by atoms with Crippen LogP contribution in [0.1, 0.15) is 77.9 Å². The van der Waals surface area contributed by atoms with Crippen LogP contribution in [0.5, 0.6) is 0 Å². The van der Waals surface area contributed by atoms with Gasteiger partial charge in [-0.15, -0.1) is 11.3 Å². The van der Waals surface area contributed by atoms with E-state index in [-0.39, 0.29) is 23.2 Å². The van der Waals surface area contributed by atoms with Crippen LogP contribution in [0.2, 0.25) is 0 Å². The summed E-state index contributed by atoms with van der Waals surface area (Å²) in [5.41, 5.74) is 2.53. The third kappa shape index (κ3) is 4.33. The monoisotopic (exact) mass is 574 g/mol. The van der Waals surface area contributed by atoms with Crippen LogP contribution < -0.4 is 10.9 Å². The highest BCUT2D eigenvalue weighted by atomic mass is 32.1. The van der Waals surface area contributed by atoms with Crippen molar-refractivity contribution in [3.63, 3.8) is 0 Å². The maximum Gasteiger partial charge on any atom is 0.275 e. The van der Waals surface area contributed by atoms with Crippen LogP contribution in [0.3, 0.4) is 0 Å². The molecule has 1 spiro atoms. The molecular weight excluding hydrogens is 536 g/mol. The van der Waals surface area contributed by atoms with Gasteiger partial charge >= 0.3 is 0 Å². The summed E-state index contributed by atoms with van der Waals surface area (Å²) < 4.78 is 1.82. The number of nitrogens with zero attached hydrogens (tertiary/aromatic N) is 5. The van der Waals surface area contributed by atoms with Gasteiger partial charge in [-0.1, -0.05) is 19.3 Å². The fourth-order valence-electron chi connectivity index (χ4n) is 7.87. The number of pyridine rings is 1. The van der Waals surface area contributed by atoms with Gasteiger partial charge in [0.1, 0.15) is 22.7 Å². The Morgan fingerprint density at radius 2 is 1.95 bits per heavy atom. The van der Waals surface area contributed by atoms with Crippen LogP contribution >= 0.6 is 11.3 Å². The van der Waals surface area contributed by atoms with E-state index in [1.165, 1.54) is 10.4 Å². The highest BCUT2D eigenvalue weighted by Gasteiger charge is 2.45. The maximum absolute atomic E-state index is 14.0. The Morgan fingerprint density at radius 3 is 2.71 bits per heavy atom. The minimum atomic E-state index is -0.393. The van der Waals surface area contributed by atoms with Crippen molar-refractivity contribution < 1.29 is 9.59 Å². The molecule has 3 aromatic heterocycles. The normalized spacial score (nSPS) is 23.4. The van der Waals surface area contributed by atoms with Crippen molar-refractivity contribution in [3.05, 3.63) is 44.4 Å². The summed E-state index contributed by atoms with van der Waals surface area (Å²) >= 11 is 1.64. The van der Waals surface area contributed by atoms with E-state index in [2.05, 4.69) is 34.3 Å². The average Bonchev–Trinajstić information content (AvgIpc) is 3.66. The van der Waals surface area contributed by atoms with Gasteiger partial charge in [-0.05, 0) is 76.7 Å². The van der Waals surface area contributed by atoms with Crippen LogP contribution in [-0.4, -0.2) is 69.3 Å². The number of anilines is 2. The van der Waals surface area contributed by atoms with Gasteiger partial charge < -0.3 is 15.1 Å². The summed E-state index contributed by atoms with van der Waals surface area (Å²) in [6, 6.07) is 2.25. The van der Waals surface area contributed by atoms with Gasteiger partial charge in [0.25, 0.3) is 5.56 Å². The van der Waals surface area contributed by atoms with Gasteiger partial charge in [0, 0.05) is 36.3 Å². The number of aryl methyl sites for hydroxylation is 2. The molecule has 0 bridgehead atoms. The van der Waals surface area contributed by atoms with Crippen molar-refractivity contribution in [2.24, 2.45) is 5.92 Å². The third-order valence-electron chi connectivity index (χ3n) is 10.1. The third-order valence-corrected chi connectivity index (χ3v) is 11.2. The fourth-order valence-corrected chi connectivity index (χ4v) is 9.14. The molecule has 3 aromatic rings. The SMILES string of the molecule is Cc1cc(Nc2ncnc3sc4c(c23)CC[C@H](C(=O)N2CC[C@H](N(C)C)C2)C4)c(=O)n2c1C(=O)CC21CCCCC1. The van der Waals surface area contributed by atoms with Gasteiger partial charge in [-0.2, -0.15) is 0 Å². The first-order valence-electron chi connectivity index (χ1n) is 15.0. The fraction of sp³-hybridized carbons (Fsp3) is 0.581. The Labute approximate surface area is 244 Å². The van der Waals surface area contributed by atoms with Crippen molar-refractivity contribution in [1.82, 2.24) is 24.3 Å². The molecule has 1 amide bonds. The van der Waals surface area contributed by atoms with Gasteiger partial charge in [0.15, 0.2) is 5.78 Å². The van der Waals surface area contributed by atoms with Crippen molar-refractivity contribution in [1.29, 1.82) is 0 Å². The summed E-state index contributed by atoms with van der Waals surface area (Å²) in [5.74, 6) is 0.980. The molecule has 0 aromatic carbocycles. The van der Waals surface area contributed by atoms with Crippen molar-refractivity contribution in [2.75, 3.05) is 32.5 Å². The Hall–Kier alpha value is -3.11. The summed E-state index contributed by atoms with van der Waals surface area (Å²) in [4.78, 5) is 56.0. The molecule has 2 fully saturated rings. The van der Waals surface area contributed by atoms with Crippen LogP contribution in [0.4, 0.5) is 11.5 Å². The number of Topliss-reactive ketones (excluding diaryl/α,β-unsaturated/α-hetero) is 1. The number of rotatable bonds is 4. The van der Waals surface area contributed by atoms with Crippen molar-refractivity contribution >= 4 is 44.7 Å². The molecule has 216 valence electrons. The lowest BCUT2D eigenvalue weighted by molar-refractivity contribution is -0.134. The summed E-state index contributed by atoms with van der Waals surface area (Å²) in [6.07, 6.45) is 10.3. The van der Waals surface area contributed by atoms with Gasteiger partial charge in [-0.3, -0.25) is 19.0 Å². The Kier molecular flexibility index (Phi) is 6.54. The molecule has 1 N–H and O–H groups in total. The summed E-state index contributed by atoms with van der Waals surface area (Å²) in [6.45, 7) is 3.57. The van der Waals surface area contributed by atoms with E-state index in [1.807, 2.05) is 22.5 Å². The molecule has 2 atom stereocenters. The molecule has 9 nitrogen and oxygen atoms in total. The average molecular weight is 575 g/mol. The highest BCUT2D eigenvalue weighted by Crippen LogP contribution is 2.44. The second-order valence-corrected chi connectivity index (χ2v) is 13.9. The number of hydrogen-bond acceptors (Lipinski definition) is 8. The number of fused-ring (bicyclic) bond motifs is 5. The molecule has 1 saturated heterocycles. The molecule has 10 heteroatoms. The number of likely N-dealkylation sites (tertiary alicyclic amines) is 1. The number of likely N-dealkylation sites (N-methyl/N-ethyl adjacent to an activating group) is 1. The molecule has 41 heavy (non-hydrogen) atoms. The van der Waals surface area contributed by atoms with E-state index in [0.717, 1.165) is 86.7 Å². The van der Waals surface area contributed by atoms with Crippen LogP contribution in [-0.2, 0) is 23.2 Å². The van der Waals surface area contributed by atoms with E-state index < -0.39 is 5.54 Å². The smallest absolute Gasteiger partial charge is 0.275 e. The van der Waals surface area contributed by atoms with Crippen molar-refractivity contribution in [2.45, 2.75) is 82.7 Å². The van der Waals surface area contributed by atoms with Crippen LogP contribution in [0.15, 0.2) is 17.2 Å². The molecule has 7 rings (SSSR count). The number of carbonyl (C=O) groups excluding carboxylic acids is 2. The van der Waals surface area contributed by atoms with Crippen molar-refractivity contribution in [3.8, 4) is 0 Å². The van der Waals surface area contributed by atoms with E-state index >= 15 is 0 Å². The zero-order valence-corrected chi connectivity index (χ0v) is 25.0. The number of aromatic nitrogens is 3. The first kappa shape index (κ1) is 26.8. The molecule has 5 heterocycles. The second-order valence-electron chi connectivity index (χ2n) is 12.8. The molecular formula is C31H38N6O3S. The molecule has 4 aliphatic rings. The lowest BCUT2D eigenvalue weighted by Gasteiger charge is -2.35. The Balaban J connectivity index is 1.20. The summed E-state index contributed by atoms with van der Waals surface area (Å²) in [5, 5.41) is 4.34. The van der Waals surface area contributed by atoms with Crippen LogP contribution in [0.25, 0.3) is 10.2 Å². The second kappa shape index (κ2) is 10.0. The Morgan fingerprint density at radius 1 is 1.15 bits per heavy atom. The Bertz CT molecular complexity index is 1620. The number of carbonyl (C=O) groups is 2. The molecule has 0 unspecified atom stereocenters. The van der Waals surface area contributed by atoms with E-state index in [1.54, 1.807) is 17.7 Å². The molecule has 0 radical (unpaired) electrons. The standard InChI is InChI=1S/C31H38N6O3S/c1-18-13-22(30(40)37-26(18)23(38)15-31(37)10-5-4-6-11-31)34-27-25-21-8-7-19(14-24(21)41-28(25)33-17-32-27)29(39)36-12-9-20(16-36)35(2)3/h13,17,19-20H,4-12,14-16H2,1-3H3,(H,32,33,34)/t19-,20-/m0/s1. The van der Waals surface area contributed by atoms with Crippen LogP contribution in [0, 0.1) is 12.8 Å². The van der Waals surface area contributed by atoms with E-state index in [0.29, 0.717) is 29.7 Å². The lowest BCUT2D eigenvalue weighted by Crippen LogP contribution is -2.40. The zero-order chi connectivity index (χ0) is 28.5. The minimum Gasteiger partial charge on any atom is -0.341 e. The van der Waals surface area contributed by atoms with E-state index in [4.69, 9.17) is 0 Å². The largest absolute Gasteiger partial charge is 0.341 e. The highest BCUT2D eigenvalue weighted by molar-refractivity contribution is 7.19. The van der Waals surface area contributed by atoms with Gasteiger partial charge in [-0.25, -0.2) is 9.97 Å². The number of amides is 1. The lowest BCUT2D eigenvalue weighted by atomic mass is 9.80. The predicted octanol–water partition coefficient (Wildman–Crippen LogP) is 4.42. The van der Waals surface area contributed by atoms with Gasteiger partial charge in [0.05, 0.1) is 16.6 Å². The first-order chi connectivity index (χ1) is 19.8. The molecule has 2 aliphatic carbocycles. The molecule has 2 aliphatic heterocycles. The predicted molar refractivity (Wildman–Crippen MR) is 160 cm³/mol. The number of ketones is 1. The number of thiophene rings is 1. The zero-order valence-electron chi connectivity index (χ0n) is 24.2. The maximum atomic E-state index is 14.0. The first-order valence-corrected chi connectivity index (χ1v) is 15.9. The summed E-state index contributed by atoms with van der Waals surface area (Å²) in [7, 11) is 4.17.